The standard InChI is InChI=1S/C20H20N4O3/c25-17(13-24-19(26)14-7-2-3-8-15(14)20(24)27)22-16-9-6-10-21-18(16)23-11-4-1-5-12-23/h2-3,6-10H,1,4-5,11-13H2,(H,22,25). The number of hydrogen-bond donors (Lipinski definition) is 1. The topological polar surface area (TPSA) is 82.6 Å². The van der Waals surface area contributed by atoms with Gasteiger partial charge in [0.25, 0.3) is 11.8 Å². The fraction of sp³-hybridized carbons (Fsp3) is 0.300. The Kier molecular flexibility index (Phi) is 4.58. The first kappa shape index (κ1) is 17.2. The summed E-state index contributed by atoms with van der Waals surface area (Å²) in [6, 6.07) is 10.1. The first-order valence-corrected chi connectivity index (χ1v) is 9.10. The van der Waals surface area contributed by atoms with Crippen molar-refractivity contribution >= 4 is 29.2 Å². The number of carbonyl (C=O) groups excluding carboxylic acids is 3. The quantitative estimate of drug-likeness (QED) is 0.842. The smallest absolute Gasteiger partial charge is 0.262 e. The van der Waals surface area contributed by atoms with Gasteiger partial charge in [0.2, 0.25) is 5.91 Å². The van der Waals surface area contributed by atoms with Gasteiger partial charge in [0.1, 0.15) is 6.54 Å². The molecule has 27 heavy (non-hydrogen) atoms. The van der Waals surface area contributed by atoms with Gasteiger partial charge in [0.15, 0.2) is 5.82 Å². The molecule has 1 fully saturated rings. The lowest BCUT2D eigenvalue weighted by molar-refractivity contribution is -0.116. The predicted octanol–water partition coefficient (Wildman–Crippen LogP) is 2.31. The molecule has 4 rings (SSSR count). The number of hydrogen-bond acceptors (Lipinski definition) is 5. The molecule has 2 aliphatic heterocycles. The number of nitrogens with one attached hydrogen (secondary N) is 1. The molecule has 0 bridgehead atoms. The summed E-state index contributed by atoms with van der Waals surface area (Å²) in [5, 5.41) is 2.81. The van der Waals surface area contributed by atoms with E-state index in [2.05, 4.69) is 15.2 Å². The van der Waals surface area contributed by atoms with E-state index in [-0.39, 0.29) is 6.54 Å². The molecule has 7 heteroatoms. The Balaban J connectivity index is 1.48. The molecule has 0 radical (unpaired) electrons. The minimum atomic E-state index is -0.437. The number of benzene rings is 1. The van der Waals surface area contributed by atoms with E-state index >= 15 is 0 Å². The summed E-state index contributed by atoms with van der Waals surface area (Å²) >= 11 is 0. The molecule has 2 aliphatic rings. The third-order valence-corrected chi connectivity index (χ3v) is 4.90. The van der Waals surface area contributed by atoms with E-state index in [0.29, 0.717) is 16.8 Å². The average molecular weight is 364 g/mol. The Morgan fingerprint density at radius 3 is 2.30 bits per heavy atom. The number of aromatic nitrogens is 1. The van der Waals surface area contributed by atoms with Crippen molar-refractivity contribution in [2.45, 2.75) is 19.3 Å². The van der Waals surface area contributed by atoms with Crippen LogP contribution in [-0.4, -0.2) is 47.2 Å². The van der Waals surface area contributed by atoms with Crippen molar-refractivity contribution in [3.8, 4) is 0 Å². The van der Waals surface area contributed by atoms with Crippen LogP contribution in [0.3, 0.4) is 0 Å². The summed E-state index contributed by atoms with van der Waals surface area (Å²) in [7, 11) is 0. The Bertz CT molecular complexity index is 871. The van der Waals surface area contributed by atoms with Crippen LogP contribution in [0.5, 0.6) is 0 Å². The van der Waals surface area contributed by atoms with Gasteiger partial charge in [-0.25, -0.2) is 4.98 Å². The highest BCUT2D eigenvalue weighted by Gasteiger charge is 2.36. The molecule has 2 aromatic rings. The number of piperidine rings is 1. The first-order chi connectivity index (χ1) is 13.1. The van der Waals surface area contributed by atoms with E-state index in [1.807, 2.05) is 0 Å². The van der Waals surface area contributed by atoms with Crippen LogP contribution in [0.1, 0.15) is 40.0 Å². The Morgan fingerprint density at radius 2 is 1.63 bits per heavy atom. The van der Waals surface area contributed by atoms with Gasteiger partial charge in [-0.05, 0) is 43.5 Å². The number of amides is 3. The largest absolute Gasteiger partial charge is 0.355 e. The summed E-state index contributed by atoms with van der Waals surface area (Å²) in [5.41, 5.74) is 1.28. The third-order valence-electron chi connectivity index (χ3n) is 4.90. The molecule has 138 valence electrons. The molecule has 7 nitrogen and oxygen atoms in total. The molecule has 0 unspecified atom stereocenters. The van der Waals surface area contributed by atoms with Crippen molar-refractivity contribution in [2.75, 3.05) is 29.9 Å². The zero-order valence-corrected chi connectivity index (χ0v) is 14.9. The highest BCUT2D eigenvalue weighted by molar-refractivity contribution is 6.22. The summed E-state index contributed by atoms with van der Waals surface area (Å²) in [6.45, 7) is 1.48. The lowest BCUT2D eigenvalue weighted by atomic mass is 10.1. The van der Waals surface area contributed by atoms with E-state index in [1.54, 1.807) is 42.6 Å². The zero-order valence-electron chi connectivity index (χ0n) is 14.9. The molecule has 3 heterocycles. The van der Waals surface area contributed by atoms with Gasteiger partial charge in [-0.3, -0.25) is 19.3 Å². The maximum absolute atomic E-state index is 12.5. The summed E-state index contributed by atoms with van der Waals surface area (Å²) in [6.07, 6.45) is 5.09. The van der Waals surface area contributed by atoms with Crippen molar-refractivity contribution in [2.24, 2.45) is 0 Å². The minimum absolute atomic E-state index is 0.319. The van der Waals surface area contributed by atoms with Gasteiger partial charge >= 0.3 is 0 Å². The Hall–Kier alpha value is -3.22. The molecule has 1 saturated heterocycles. The van der Waals surface area contributed by atoms with Gasteiger partial charge < -0.3 is 10.2 Å². The van der Waals surface area contributed by atoms with E-state index in [9.17, 15) is 14.4 Å². The summed E-state index contributed by atoms with van der Waals surface area (Å²) < 4.78 is 0. The van der Waals surface area contributed by atoms with Crippen LogP contribution in [0, 0.1) is 0 Å². The van der Waals surface area contributed by atoms with Crippen molar-refractivity contribution in [1.82, 2.24) is 9.88 Å². The fourth-order valence-corrected chi connectivity index (χ4v) is 3.57. The van der Waals surface area contributed by atoms with Gasteiger partial charge in [0.05, 0.1) is 16.8 Å². The Labute approximate surface area is 157 Å². The van der Waals surface area contributed by atoms with Crippen molar-refractivity contribution < 1.29 is 14.4 Å². The van der Waals surface area contributed by atoms with Crippen LogP contribution in [0.2, 0.25) is 0 Å². The lowest BCUT2D eigenvalue weighted by Gasteiger charge is -2.29. The van der Waals surface area contributed by atoms with Crippen LogP contribution < -0.4 is 10.2 Å². The van der Waals surface area contributed by atoms with Crippen LogP contribution >= 0.6 is 0 Å². The third kappa shape index (κ3) is 3.28. The molecule has 1 aromatic heterocycles. The molecule has 0 atom stereocenters. The average Bonchev–Trinajstić information content (AvgIpc) is 2.94. The first-order valence-electron chi connectivity index (χ1n) is 9.10. The molecule has 0 saturated carbocycles. The SMILES string of the molecule is O=C(CN1C(=O)c2ccccc2C1=O)Nc1cccnc1N1CCCCC1. The van der Waals surface area contributed by atoms with Crippen LogP contribution in [0.15, 0.2) is 42.6 Å². The van der Waals surface area contributed by atoms with Crippen LogP contribution in [-0.2, 0) is 4.79 Å². The second-order valence-corrected chi connectivity index (χ2v) is 6.71. The lowest BCUT2D eigenvalue weighted by Crippen LogP contribution is -2.38. The van der Waals surface area contributed by atoms with E-state index in [0.717, 1.165) is 36.6 Å². The van der Waals surface area contributed by atoms with Crippen LogP contribution in [0.4, 0.5) is 11.5 Å². The van der Waals surface area contributed by atoms with Gasteiger partial charge in [-0.2, -0.15) is 0 Å². The number of nitrogens with zero attached hydrogens (tertiary/aromatic N) is 3. The molecule has 0 aliphatic carbocycles. The zero-order chi connectivity index (χ0) is 18.8. The highest BCUT2D eigenvalue weighted by atomic mass is 16.2. The van der Waals surface area contributed by atoms with Gasteiger partial charge in [0, 0.05) is 19.3 Å². The maximum atomic E-state index is 12.5. The van der Waals surface area contributed by atoms with E-state index < -0.39 is 17.7 Å². The van der Waals surface area contributed by atoms with E-state index in [1.165, 1.54) is 6.42 Å². The number of imide groups is 1. The van der Waals surface area contributed by atoms with Crippen LogP contribution in [0.25, 0.3) is 0 Å². The molecule has 1 aromatic carbocycles. The van der Waals surface area contributed by atoms with Gasteiger partial charge in [-0.15, -0.1) is 0 Å². The molecule has 0 spiro atoms. The van der Waals surface area contributed by atoms with Crippen molar-refractivity contribution in [3.63, 3.8) is 0 Å². The van der Waals surface area contributed by atoms with Gasteiger partial charge in [-0.1, -0.05) is 12.1 Å². The predicted molar refractivity (Wildman–Crippen MR) is 101 cm³/mol. The number of fused-ring (bicyclic) bond motifs is 1. The number of pyridine rings is 1. The minimum Gasteiger partial charge on any atom is -0.355 e. The highest BCUT2D eigenvalue weighted by Crippen LogP contribution is 2.26. The number of anilines is 2. The van der Waals surface area contributed by atoms with Crippen molar-refractivity contribution in [3.05, 3.63) is 53.7 Å². The van der Waals surface area contributed by atoms with E-state index in [4.69, 9.17) is 0 Å². The second-order valence-electron chi connectivity index (χ2n) is 6.71. The Morgan fingerprint density at radius 1 is 0.963 bits per heavy atom. The maximum Gasteiger partial charge on any atom is 0.262 e. The summed E-state index contributed by atoms with van der Waals surface area (Å²) in [4.78, 5) is 44.9. The second kappa shape index (κ2) is 7.19. The molecule has 1 N–H and O–H groups in total. The summed E-state index contributed by atoms with van der Waals surface area (Å²) in [5.74, 6) is -0.565. The molecular weight excluding hydrogens is 344 g/mol. The molecule has 3 amide bonds. The number of rotatable bonds is 4. The van der Waals surface area contributed by atoms with Crippen molar-refractivity contribution in [1.29, 1.82) is 0 Å². The molecular formula is C20H20N4O3. The normalized spacial score (nSPS) is 16.4. The fourth-order valence-electron chi connectivity index (χ4n) is 3.57. The monoisotopic (exact) mass is 364 g/mol. The number of carbonyl (C=O) groups is 3.